The number of amides is 1. The van der Waals surface area contributed by atoms with Crippen molar-refractivity contribution in [2.45, 2.75) is 37.3 Å². The van der Waals surface area contributed by atoms with Crippen molar-refractivity contribution in [2.24, 2.45) is 0 Å². The van der Waals surface area contributed by atoms with Gasteiger partial charge in [0.2, 0.25) is 5.91 Å². The molecule has 2 N–H and O–H groups in total. The predicted molar refractivity (Wildman–Crippen MR) is 63.8 cm³/mol. The maximum Gasteiger partial charge on any atom is 0.221 e. The third-order valence-electron chi connectivity index (χ3n) is 3.74. The molecule has 0 bridgehead atoms. The van der Waals surface area contributed by atoms with Gasteiger partial charge in [0.1, 0.15) is 0 Å². The molecule has 2 aliphatic rings. The Balaban J connectivity index is 1.66. The molecule has 1 amide bonds. The van der Waals surface area contributed by atoms with Gasteiger partial charge in [0.05, 0.1) is 18.8 Å². The highest BCUT2D eigenvalue weighted by Gasteiger charge is 2.37. The molecule has 2 rings (SSSR count). The average Bonchev–Trinajstić information content (AvgIpc) is 2.29. The number of methoxy groups -OCH3 is 1. The first-order chi connectivity index (χ1) is 8.24. The van der Waals surface area contributed by atoms with E-state index in [4.69, 9.17) is 9.47 Å². The summed E-state index contributed by atoms with van der Waals surface area (Å²) < 4.78 is 10.8. The molecule has 0 spiro atoms. The fraction of sp³-hybridized carbons (Fsp3) is 0.917. The van der Waals surface area contributed by atoms with Crippen LogP contribution in [0.15, 0.2) is 0 Å². The second-order valence-corrected chi connectivity index (χ2v) is 4.95. The molecular formula is C12H22N2O3. The van der Waals surface area contributed by atoms with Crippen LogP contribution in [0.3, 0.4) is 0 Å². The molecule has 1 saturated carbocycles. The lowest BCUT2D eigenvalue weighted by Gasteiger charge is -2.40. The monoisotopic (exact) mass is 242 g/mol. The van der Waals surface area contributed by atoms with E-state index in [1.165, 1.54) is 6.42 Å². The summed E-state index contributed by atoms with van der Waals surface area (Å²) >= 11 is 0. The lowest BCUT2D eigenvalue weighted by atomic mass is 9.80. The molecule has 1 saturated heterocycles. The van der Waals surface area contributed by atoms with Crippen molar-refractivity contribution in [1.82, 2.24) is 10.6 Å². The third kappa shape index (κ3) is 3.40. The molecule has 1 unspecified atom stereocenters. The van der Waals surface area contributed by atoms with Gasteiger partial charge in [0, 0.05) is 32.7 Å². The Morgan fingerprint density at radius 1 is 1.59 bits per heavy atom. The van der Waals surface area contributed by atoms with E-state index in [9.17, 15) is 4.79 Å². The van der Waals surface area contributed by atoms with Gasteiger partial charge >= 0.3 is 0 Å². The maximum absolute atomic E-state index is 11.8. The van der Waals surface area contributed by atoms with E-state index in [0.29, 0.717) is 19.6 Å². The largest absolute Gasteiger partial charge is 0.378 e. The first-order valence-corrected chi connectivity index (χ1v) is 6.37. The van der Waals surface area contributed by atoms with Crippen LogP contribution in [0, 0.1) is 0 Å². The van der Waals surface area contributed by atoms with Crippen LogP contribution in [0.1, 0.15) is 25.7 Å². The fourth-order valence-electron chi connectivity index (χ4n) is 2.33. The Bertz CT molecular complexity index is 255. The van der Waals surface area contributed by atoms with Crippen LogP contribution in [-0.2, 0) is 14.3 Å². The van der Waals surface area contributed by atoms with E-state index in [2.05, 4.69) is 10.6 Å². The van der Waals surface area contributed by atoms with Gasteiger partial charge < -0.3 is 20.1 Å². The highest BCUT2D eigenvalue weighted by molar-refractivity contribution is 5.76. The van der Waals surface area contributed by atoms with Gasteiger partial charge in [-0.2, -0.15) is 0 Å². The number of hydrogen-bond acceptors (Lipinski definition) is 4. The summed E-state index contributed by atoms with van der Waals surface area (Å²) in [5, 5.41) is 6.24. The summed E-state index contributed by atoms with van der Waals surface area (Å²) in [6, 6.07) is 0.156. The molecule has 5 nitrogen and oxygen atoms in total. The zero-order valence-corrected chi connectivity index (χ0v) is 10.5. The summed E-state index contributed by atoms with van der Waals surface area (Å²) in [7, 11) is 1.72. The number of carbonyl (C=O) groups excluding carboxylic acids is 1. The topological polar surface area (TPSA) is 59.6 Å². The summed E-state index contributed by atoms with van der Waals surface area (Å²) in [5.74, 6) is 0.0799. The van der Waals surface area contributed by atoms with Crippen LogP contribution in [0.5, 0.6) is 0 Å². The number of nitrogens with one attached hydrogen (secondary N) is 2. The Labute approximate surface area is 102 Å². The normalized spacial score (nSPS) is 27.2. The van der Waals surface area contributed by atoms with Crippen LogP contribution < -0.4 is 10.6 Å². The highest BCUT2D eigenvalue weighted by atomic mass is 16.5. The van der Waals surface area contributed by atoms with Crippen molar-refractivity contribution in [3.05, 3.63) is 0 Å². The van der Waals surface area contributed by atoms with Crippen molar-refractivity contribution >= 4 is 5.91 Å². The van der Waals surface area contributed by atoms with Gasteiger partial charge in [0.25, 0.3) is 0 Å². The second kappa shape index (κ2) is 5.80. The summed E-state index contributed by atoms with van der Waals surface area (Å²) in [6.07, 6.45) is 3.78. The molecule has 0 radical (unpaired) electrons. The van der Waals surface area contributed by atoms with Crippen molar-refractivity contribution in [2.75, 3.05) is 33.4 Å². The number of carbonyl (C=O) groups is 1. The minimum atomic E-state index is -0.0911. The summed E-state index contributed by atoms with van der Waals surface area (Å²) in [6.45, 7) is 2.84. The zero-order chi connectivity index (χ0) is 12.1. The quantitative estimate of drug-likeness (QED) is 0.715. The van der Waals surface area contributed by atoms with Gasteiger partial charge in [0.15, 0.2) is 0 Å². The van der Waals surface area contributed by atoms with Crippen molar-refractivity contribution in [1.29, 1.82) is 0 Å². The van der Waals surface area contributed by atoms with Crippen molar-refractivity contribution in [3.63, 3.8) is 0 Å². The molecular weight excluding hydrogens is 220 g/mol. The molecule has 0 aromatic rings. The molecule has 0 aromatic carbocycles. The van der Waals surface area contributed by atoms with Crippen molar-refractivity contribution in [3.8, 4) is 0 Å². The molecule has 98 valence electrons. The Hall–Kier alpha value is -0.650. The fourth-order valence-corrected chi connectivity index (χ4v) is 2.33. The smallest absolute Gasteiger partial charge is 0.221 e. The van der Waals surface area contributed by atoms with E-state index >= 15 is 0 Å². The molecule has 17 heavy (non-hydrogen) atoms. The zero-order valence-electron chi connectivity index (χ0n) is 10.5. The van der Waals surface area contributed by atoms with Gasteiger partial charge in [-0.1, -0.05) is 0 Å². The molecule has 1 aliphatic heterocycles. The average molecular weight is 242 g/mol. The number of hydrogen-bond donors (Lipinski definition) is 2. The molecule has 1 aliphatic carbocycles. The van der Waals surface area contributed by atoms with Crippen LogP contribution in [0.2, 0.25) is 0 Å². The number of rotatable bonds is 5. The summed E-state index contributed by atoms with van der Waals surface area (Å²) in [4.78, 5) is 11.8. The molecule has 0 aromatic heterocycles. The molecule has 1 atom stereocenters. The number of ether oxygens (including phenoxy) is 2. The Kier molecular flexibility index (Phi) is 4.36. The van der Waals surface area contributed by atoms with Crippen LogP contribution in [0.4, 0.5) is 0 Å². The second-order valence-electron chi connectivity index (χ2n) is 4.95. The lowest BCUT2D eigenvalue weighted by molar-refractivity contribution is -0.126. The Morgan fingerprint density at radius 3 is 2.94 bits per heavy atom. The van der Waals surface area contributed by atoms with E-state index in [0.717, 1.165) is 26.0 Å². The minimum absolute atomic E-state index is 0.0799. The van der Waals surface area contributed by atoms with Gasteiger partial charge in [-0.05, 0) is 19.3 Å². The van der Waals surface area contributed by atoms with Gasteiger partial charge in [-0.15, -0.1) is 0 Å². The van der Waals surface area contributed by atoms with Gasteiger partial charge in [-0.3, -0.25) is 4.79 Å². The molecule has 1 heterocycles. The van der Waals surface area contributed by atoms with E-state index in [1.807, 2.05) is 0 Å². The van der Waals surface area contributed by atoms with Crippen molar-refractivity contribution < 1.29 is 14.3 Å². The highest BCUT2D eigenvalue weighted by Crippen LogP contribution is 2.34. The van der Waals surface area contributed by atoms with Crippen LogP contribution >= 0.6 is 0 Å². The summed E-state index contributed by atoms with van der Waals surface area (Å²) in [5.41, 5.74) is -0.0911. The molecule has 5 heteroatoms. The molecule has 2 fully saturated rings. The predicted octanol–water partition coefficient (Wildman–Crippen LogP) is 0.0502. The number of morpholine rings is 1. The van der Waals surface area contributed by atoms with E-state index in [-0.39, 0.29) is 17.6 Å². The maximum atomic E-state index is 11.8. The third-order valence-corrected chi connectivity index (χ3v) is 3.74. The van der Waals surface area contributed by atoms with E-state index in [1.54, 1.807) is 7.11 Å². The Morgan fingerprint density at radius 2 is 2.41 bits per heavy atom. The first-order valence-electron chi connectivity index (χ1n) is 6.37. The van der Waals surface area contributed by atoms with Gasteiger partial charge in [-0.25, -0.2) is 0 Å². The van der Waals surface area contributed by atoms with Crippen LogP contribution in [0.25, 0.3) is 0 Å². The first kappa shape index (κ1) is 12.8. The standard InChI is InChI=1S/C12H22N2O3/c1-16-12(3-2-4-12)9-14-11(15)7-10-8-17-6-5-13-10/h10,13H,2-9H2,1H3,(H,14,15). The van der Waals surface area contributed by atoms with Crippen LogP contribution in [-0.4, -0.2) is 51.0 Å². The minimum Gasteiger partial charge on any atom is -0.378 e. The lowest BCUT2D eigenvalue weighted by Crippen LogP contribution is -2.51. The van der Waals surface area contributed by atoms with E-state index < -0.39 is 0 Å². The SMILES string of the molecule is COC1(CNC(=O)CC2COCCN2)CCC1.